The van der Waals surface area contributed by atoms with Gasteiger partial charge in [-0.1, -0.05) is 18.2 Å². The van der Waals surface area contributed by atoms with Crippen LogP contribution in [0, 0.1) is 13.8 Å². The zero-order valence-electron chi connectivity index (χ0n) is 15.6. The highest BCUT2D eigenvalue weighted by molar-refractivity contribution is 6.05. The predicted molar refractivity (Wildman–Crippen MR) is 96.7 cm³/mol. The monoisotopic (exact) mass is 357 g/mol. The summed E-state index contributed by atoms with van der Waals surface area (Å²) in [6.45, 7) is 7.93. The molecule has 0 aliphatic heterocycles. The Morgan fingerprint density at radius 1 is 1.00 bits per heavy atom. The van der Waals surface area contributed by atoms with Crippen LogP contribution in [0.5, 0.6) is 5.75 Å². The number of H-pyrrole nitrogens is 1. The second kappa shape index (κ2) is 7.99. The zero-order chi connectivity index (χ0) is 19.4. The van der Waals surface area contributed by atoms with Crippen LogP contribution in [0.1, 0.15) is 52.9 Å². The van der Waals surface area contributed by atoms with Gasteiger partial charge >= 0.3 is 5.97 Å². The lowest BCUT2D eigenvalue weighted by Gasteiger charge is -2.17. The van der Waals surface area contributed by atoms with Gasteiger partial charge in [-0.25, -0.2) is 4.79 Å². The molecule has 1 aromatic heterocycles. The van der Waals surface area contributed by atoms with Crippen molar-refractivity contribution in [2.75, 3.05) is 0 Å². The molecule has 0 spiro atoms. The number of ketones is 2. The molecule has 0 bridgehead atoms. The number of aromatic nitrogens is 1. The molecule has 6 heteroatoms. The average Bonchev–Trinajstić information content (AvgIpc) is 2.89. The van der Waals surface area contributed by atoms with E-state index in [0.717, 1.165) is 0 Å². The Labute approximate surface area is 152 Å². The molecule has 0 amide bonds. The SMILES string of the molecule is CC(=O)c1c(C)[nH]c(C(=O)[C@H](C)OC(=O)[C@@H](C)Oc2ccccc2)c1C. The van der Waals surface area contributed by atoms with E-state index < -0.39 is 24.0 Å². The van der Waals surface area contributed by atoms with Gasteiger partial charge in [-0.05, 0) is 52.3 Å². The lowest BCUT2D eigenvalue weighted by atomic mass is 10.0. The zero-order valence-corrected chi connectivity index (χ0v) is 15.6. The molecule has 2 rings (SSSR count). The molecule has 2 aromatic rings. The van der Waals surface area contributed by atoms with E-state index in [9.17, 15) is 14.4 Å². The highest BCUT2D eigenvalue weighted by Crippen LogP contribution is 2.21. The fourth-order valence-electron chi connectivity index (χ4n) is 2.80. The quantitative estimate of drug-likeness (QED) is 0.606. The number of ether oxygens (including phenoxy) is 2. The van der Waals surface area contributed by atoms with Crippen molar-refractivity contribution in [3.05, 3.63) is 52.8 Å². The molecule has 2 atom stereocenters. The number of Topliss-reactive ketones (excluding diaryl/α,β-unsaturated/α-hetero) is 2. The van der Waals surface area contributed by atoms with Crippen molar-refractivity contribution in [2.24, 2.45) is 0 Å². The fraction of sp³-hybridized carbons (Fsp3) is 0.350. The van der Waals surface area contributed by atoms with Crippen LogP contribution in [0.25, 0.3) is 0 Å². The highest BCUT2D eigenvalue weighted by Gasteiger charge is 2.28. The summed E-state index contributed by atoms with van der Waals surface area (Å²) in [6.07, 6.45) is -1.85. The molecular formula is C20H23NO5. The van der Waals surface area contributed by atoms with Gasteiger partial charge in [0.2, 0.25) is 5.78 Å². The third-order valence-corrected chi connectivity index (χ3v) is 4.09. The molecule has 0 fully saturated rings. The Bertz CT molecular complexity index is 822. The van der Waals surface area contributed by atoms with Crippen molar-refractivity contribution in [3.8, 4) is 5.75 Å². The van der Waals surface area contributed by atoms with E-state index in [1.165, 1.54) is 13.8 Å². The Hall–Kier alpha value is -2.89. The highest BCUT2D eigenvalue weighted by atomic mass is 16.6. The molecule has 0 aliphatic carbocycles. The van der Waals surface area contributed by atoms with Gasteiger partial charge in [0, 0.05) is 11.3 Å². The Balaban J connectivity index is 2.06. The lowest BCUT2D eigenvalue weighted by molar-refractivity contribution is -0.153. The summed E-state index contributed by atoms with van der Waals surface area (Å²) in [7, 11) is 0. The molecule has 26 heavy (non-hydrogen) atoms. The van der Waals surface area contributed by atoms with E-state index in [4.69, 9.17) is 9.47 Å². The van der Waals surface area contributed by atoms with Crippen LogP contribution in [-0.2, 0) is 9.53 Å². The maximum absolute atomic E-state index is 12.6. The number of aromatic amines is 1. The molecule has 1 N–H and O–H groups in total. The van der Waals surface area contributed by atoms with Crippen molar-refractivity contribution >= 4 is 17.5 Å². The predicted octanol–water partition coefficient (Wildman–Crippen LogP) is 3.42. The number of hydrogen-bond acceptors (Lipinski definition) is 5. The molecule has 0 saturated heterocycles. The summed E-state index contributed by atoms with van der Waals surface area (Å²) in [5, 5.41) is 0. The number of rotatable bonds is 7. The maximum Gasteiger partial charge on any atom is 0.347 e. The summed E-state index contributed by atoms with van der Waals surface area (Å²) in [5.74, 6) is -0.608. The maximum atomic E-state index is 12.6. The van der Waals surface area contributed by atoms with Crippen molar-refractivity contribution in [1.29, 1.82) is 0 Å². The van der Waals surface area contributed by atoms with Crippen LogP contribution < -0.4 is 4.74 Å². The second-order valence-corrected chi connectivity index (χ2v) is 6.20. The van der Waals surface area contributed by atoms with E-state index in [0.29, 0.717) is 22.6 Å². The number of nitrogens with one attached hydrogen (secondary N) is 1. The smallest absolute Gasteiger partial charge is 0.347 e. The summed E-state index contributed by atoms with van der Waals surface area (Å²) in [5.41, 5.74) is 1.96. The summed E-state index contributed by atoms with van der Waals surface area (Å²) >= 11 is 0. The normalized spacial score (nSPS) is 13.0. The molecular weight excluding hydrogens is 334 g/mol. The molecule has 1 heterocycles. The van der Waals surface area contributed by atoms with Crippen LogP contribution in [0.15, 0.2) is 30.3 Å². The van der Waals surface area contributed by atoms with Crippen molar-refractivity contribution in [3.63, 3.8) is 0 Å². The van der Waals surface area contributed by atoms with Gasteiger partial charge in [0.25, 0.3) is 0 Å². The number of benzene rings is 1. The number of carbonyl (C=O) groups excluding carboxylic acids is 3. The first-order valence-electron chi connectivity index (χ1n) is 8.38. The largest absolute Gasteiger partial charge is 0.479 e. The molecule has 138 valence electrons. The van der Waals surface area contributed by atoms with Crippen LogP contribution in [0.3, 0.4) is 0 Å². The Morgan fingerprint density at radius 3 is 2.15 bits per heavy atom. The number of hydrogen-bond donors (Lipinski definition) is 1. The molecule has 0 aliphatic rings. The van der Waals surface area contributed by atoms with Gasteiger partial charge in [0.15, 0.2) is 18.0 Å². The molecule has 0 saturated carbocycles. The minimum absolute atomic E-state index is 0.121. The average molecular weight is 357 g/mol. The number of esters is 1. The van der Waals surface area contributed by atoms with E-state index in [1.54, 1.807) is 45.0 Å². The van der Waals surface area contributed by atoms with Crippen LogP contribution in [0.4, 0.5) is 0 Å². The lowest BCUT2D eigenvalue weighted by Crippen LogP contribution is -2.33. The topological polar surface area (TPSA) is 85.5 Å². The molecule has 1 aromatic carbocycles. The number of para-hydroxylation sites is 1. The van der Waals surface area contributed by atoms with E-state index in [1.807, 2.05) is 6.07 Å². The minimum Gasteiger partial charge on any atom is -0.479 e. The van der Waals surface area contributed by atoms with Crippen molar-refractivity contribution in [1.82, 2.24) is 4.98 Å². The van der Waals surface area contributed by atoms with Gasteiger partial charge < -0.3 is 14.5 Å². The summed E-state index contributed by atoms with van der Waals surface area (Å²) < 4.78 is 10.7. The first kappa shape index (κ1) is 19.4. The van der Waals surface area contributed by atoms with Gasteiger partial charge in [0.05, 0.1) is 5.69 Å². The molecule has 6 nitrogen and oxygen atoms in total. The Morgan fingerprint density at radius 2 is 1.62 bits per heavy atom. The number of carbonyl (C=O) groups is 3. The van der Waals surface area contributed by atoms with Crippen molar-refractivity contribution in [2.45, 2.75) is 46.8 Å². The van der Waals surface area contributed by atoms with Gasteiger partial charge in [-0.15, -0.1) is 0 Å². The van der Waals surface area contributed by atoms with Crippen molar-refractivity contribution < 1.29 is 23.9 Å². The second-order valence-electron chi connectivity index (χ2n) is 6.20. The minimum atomic E-state index is -0.999. The third-order valence-electron chi connectivity index (χ3n) is 4.09. The van der Waals surface area contributed by atoms with E-state index >= 15 is 0 Å². The summed E-state index contributed by atoms with van der Waals surface area (Å²) in [6, 6.07) is 8.89. The van der Waals surface area contributed by atoms with Gasteiger partial charge in [-0.3, -0.25) is 9.59 Å². The standard InChI is InChI=1S/C20H23NO5/c1-11-17(13(3)22)12(2)21-18(11)19(23)14(4)26-20(24)15(5)25-16-9-7-6-8-10-16/h6-10,14-15,21H,1-5H3/t14-,15+/m0/s1. The van der Waals surface area contributed by atoms with Crippen LogP contribution in [0.2, 0.25) is 0 Å². The molecule has 0 radical (unpaired) electrons. The van der Waals surface area contributed by atoms with Crippen LogP contribution in [-0.4, -0.2) is 34.7 Å². The number of aryl methyl sites for hydroxylation is 1. The fourth-order valence-corrected chi connectivity index (χ4v) is 2.80. The first-order chi connectivity index (χ1) is 12.2. The van der Waals surface area contributed by atoms with Crippen LogP contribution >= 0.6 is 0 Å². The van der Waals surface area contributed by atoms with Gasteiger partial charge in [-0.2, -0.15) is 0 Å². The van der Waals surface area contributed by atoms with Gasteiger partial charge in [0.1, 0.15) is 5.75 Å². The molecule has 0 unspecified atom stereocenters. The Kier molecular flexibility index (Phi) is 5.97. The third kappa shape index (κ3) is 4.20. The van der Waals surface area contributed by atoms with E-state index in [-0.39, 0.29) is 11.5 Å². The first-order valence-corrected chi connectivity index (χ1v) is 8.38. The summed E-state index contributed by atoms with van der Waals surface area (Å²) in [4.78, 5) is 39.4. The van der Waals surface area contributed by atoms with E-state index in [2.05, 4.69) is 4.98 Å².